The first-order valence-corrected chi connectivity index (χ1v) is 5.07. The Kier molecular flexibility index (Phi) is 4.87. The minimum absolute atomic E-state index is 0.278. The number of aromatic nitrogens is 1. The Morgan fingerprint density at radius 3 is 2.71 bits per heavy atom. The lowest BCUT2D eigenvalue weighted by molar-refractivity contribution is 0.141. The van der Waals surface area contributed by atoms with E-state index in [1.54, 1.807) is 12.4 Å². The average molecular weight is 215 g/mol. The molecule has 0 saturated carbocycles. The van der Waals surface area contributed by atoms with Crippen LogP contribution in [0.25, 0.3) is 0 Å². The van der Waals surface area contributed by atoms with Gasteiger partial charge in [-0.05, 0) is 24.7 Å². The molecule has 0 amide bonds. The predicted octanol–water partition coefficient (Wildman–Crippen LogP) is 1.11. The maximum atomic E-state index is 9.32. The Hall–Kier alpha value is -0.640. The number of alkyl halides is 1. The fourth-order valence-corrected chi connectivity index (χ4v) is 1.37. The van der Waals surface area contributed by atoms with Crippen molar-refractivity contribution >= 4 is 11.6 Å². The molecule has 0 radical (unpaired) electrons. The summed E-state index contributed by atoms with van der Waals surface area (Å²) in [6, 6.07) is 3.92. The molecule has 0 aliphatic heterocycles. The molecule has 4 heteroatoms. The van der Waals surface area contributed by atoms with Gasteiger partial charge in [0.05, 0.1) is 6.10 Å². The highest BCUT2D eigenvalue weighted by atomic mass is 35.5. The van der Waals surface area contributed by atoms with Crippen LogP contribution in [-0.4, -0.2) is 40.6 Å². The summed E-state index contributed by atoms with van der Waals surface area (Å²) in [5.41, 5.74) is 1.18. The average Bonchev–Trinajstić information content (AvgIpc) is 2.19. The highest BCUT2D eigenvalue weighted by Crippen LogP contribution is 2.02. The zero-order valence-corrected chi connectivity index (χ0v) is 8.98. The monoisotopic (exact) mass is 214 g/mol. The van der Waals surface area contributed by atoms with Crippen LogP contribution in [0.3, 0.4) is 0 Å². The summed E-state index contributed by atoms with van der Waals surface area (Å²) in [6.07, 6.45) is 3.07. The van der Waals surface area contributed by atoms with Gasteiger partial charge in [-0.1, -0.05) is 0 Å². The Morgan fingerprint density at radius 1 is 1.50 bits per heavy atom. The largest absolute Gasteiger partial charge is 0.391 e. The first-order chi connectivity index (χ1) is 6.72. The number of halogens is 1. The van der Waals surface area contributed by atoms with Crippen molar-refractivity contribution in [3.05, 3.63) is 30.1 Å². The third kappa shape index (κ3) is 4.05. The zero-order valence-electron chi connectivity index (χ0n) is 8.23. The van der Waals surface area contributed by atoms with Crippen LogP contribution in [0.15, 0.2) is 24.5 Å². The quantitative estimate of drug-likeness (QED) is 0.747. The SMILES string of the molecule is CN(Cc1ccncc1)CC(O)CCl. The molecule has 0 spiro atoms. The fraction of sp³-hybridized carbons (Fsp3) is 0.500. The van der Waals surface area contributed by atoms with Crippen molar-refractivity contribution in [3.63, 3.8) is 0 Å². The third-order valence-corrected chi connectivity index (χ3v) is 2.26. The number of likely N-dealkylation sites (N-methyl/N-ethyl adjacent to an activating group) is 1. The van der Waals surface area contributed by atoms with E-state index < -0.39 is 6.10 Å². The second kappa shape index (κ2) is 5.96. The van der Waals surface area contributed by atoms with Crippen molar-refractivity contribution in [2.45, 2.75) is 12.6 Å². The molecule has 1 aromatic heterocycles. The summed E-state index contributed by atoms with van der Waals surface area (Å²) in [6.45, 7) is 1.39. The standard InChI is InChI=1S/C10H15ClN2O/c1-13(8-10(14)6-11)7-9-2-4-12-5-3-9/h2-5,10,14H,6-8H2,1H3. The van der Waals surface area contributed by atoms with Gasteiger partial charge in [-0.2, -0.15) is 0 Å². The molecular weight excluding hydrogens is 200 g/mol. The maximum absolute atomic E-state index is 9.32. The molecule has 0 aliphatic rings. The van der Waals surface area contributed by atoms with E-state index in [9.17, 15) is 5.11 Å². The molecule has 0 fully saturated rings. The Morgan fingerprint density at radius 2 is 2.14 bits per heavy atom. The zero-order chi connectivity index (χ0) is 10.4. The van der Waals surface area contributed by atoms with E-state index in [1.165, 1.54) is 5.56 Å². The molecular formula is C10H15ClN2O. The van der Waals surface area contributed by atoms with Crippen molar-refractivity contribution in [1.82, 2.24) is 9.88 Å². The van der Waals surface area contributed by atoms with Crippen LogP contribution >= 0.6 is 11.6 Å². The predicted molar refractivity (Wildman–Crippen MR) is 57.3 cm³/mol. The summed E-state index contributed by atoms with van der Waals surface area (Å²) in [5.74, 6) is 0.278. The summed E-state index contributed by atoms with van der Waals surface area (Å²) >= 11 is 5.51. The van der Waals surface area contributed by atoms with Gasteiger partial charge in [-0.25, -0.2) is 0 Å². The number of pyridine rings is 1. The molecule has 14 heavy (non-hydrogen) atoms. The fourth-order valence-electron chi connectivity index (χ4n) is 1.27. The number of hydrogen-bond acceptors (Lipinski definition) is 3. The van der Waals surface area contributed by atoms with Crippen LogP contribution in [0.4, 0.5) is 0 Å². The van der Waals surface area contributed by atoms with Gasteiger partial charge >= 0.3 is 0 Å². The van der Waals surface area contributed by atoms with Crippen molar-refractivity contribution in [3.8, 4) is 0 Å². The normalized spacial score (nSPS) is 13.1. The van der Waals surface area contributed by atoms with Crippen molar-refractivity contribution in [1.29, 1.82) is 0 Å². The first kappa shape index (κ1) is 11.4. The minimum Gasteiger partial charge on any atom is -0.391 e. The van der Waals surface area contributed by atoms with Gasteiger partial charge in [0.25, 0.3) is 0 Å². The van der Waals surface area contributed by atoms with E-state index in [0.29, 0.717) is 6.54 Å². The summed E-state index contributed by atoms with van der Waals surface area (Å²) in [7, 11) is 1.95. The van der Waals surface area contributed by atoms with E-state index in [4.69, 9.17) is 11.6 Å². The van der Waals surface area contributed by atoms with Gasteiger partial charge in [0.2, 0.25) is 0 Å². The molecule has 1 heterocycles. The molecule has 3 nitrogen and oxygen atoms in total. The maximum Gasteiger partial charge on any atom is 0.0802 e. The van der Waals surface area contributed by atoms with Crippen LogP contribution in [0.5, 0.6) is 0 Å². The molecule has 1 aromatic rings. The molecule has 0 aromatic carbocycles. The van der Waals surface area contributed by atoms with Gasteiger partial charge < -0.3 is 5.11 Å². The molecule has 0 bridgehead atoms. The Balaban J connectivity index is 2.37. The molecule has 1 atom stereocenters. The van der Waals surface area contributed by atoms with Crippen LogP contribution in [-0.2, 0) is 6.54 Å². The highest BCUT2D eigenvalue weighted by molar-refractivity contribution is 6.18. The van der Waals surface area contributed by atoms with Gasteiger partial charge in [0, 0.05) is 31.4 Å². The van der Waals surface area contributed by atoms with Crippen molar-refractivity contribution in [2.24, 2.45) is 0 Å². The number of nitrogens with zero attached hydrogens (tertiary/aromatic N) is 2. The smallest absolute Gasteiger partial charge is 0.0802 e. The summed E-state index contributed by atoms with van der Waals surface area (Å²) in [4.78, 5) is 5.97. The molecule has 1 unspecified atom stereocenters. The molecule has 1 rings (SSSR count). The number of aliphatic hydroxyl groups is 1. The van der Waals surface area contributed by atoms with Crippen LogP contribution < -0.4 is 0 Å². The van der Waals surface area contributed by atoms with E-state index in [2.05, 4.69) is 4.98 Å². The molecule has 1 N–H and O–H groups in total. The second-order valence-electron chi connectivity index (χ2n) is 3.36. The number of aliphatic hydroxyl groups excluding tert-OH is 1. The minimum atomic E-state index is -0.455. The summed E-state index contributed by atoms with van der Waals surface area (Å²) < 4.78 is 0. The first-order valence-electron chi connectivity index (χ1n) is 4.54. The lowest BCUT2D eigenvalue weighted by Crippen LogP contribution is -2.29. The number of rotatable bonds is 5. The van der Waals surface area contributed by atoms with E-state index in [1.807, 2.05) is 24.1 Å². The molecule has 78 valence electrons. The van der Waals surface area contributed by atoms with Gasteiger partial charge in [-0.15, -0.1) is 11.6 Å². The lowest BCUT2D eigenvalue weighted by atomic mass is 10.2. The van der Waals surface area contributed by atoms with E-state index >= 15 is 0 Å². The third-order valence-electron chi connectivity index (χ3n) is 1.90. The lowest BCUT2D eigenvalue weighted by Gasteiger charge is -2.18. The van der Waals surface area contributed by atoms with Crippen molar-refractivity contribution < 1.29 is 5.11 Å². The highest BCUT2D eigenvalue weighted by Gasteiger charge is 2.06. The van der Waals surface area contributed by atoms with Gasteiger partial charge in [0.15, 0.2) is 0 Å². The Labute approximate surface area is 89.3 Å². The summed E-state index contributed by atoms with van der Waals surface area (Å²) in [5, 5.41) is 9.32. The van der Waals surface area contributed by atoms with Crippen LogP contribution in [0.1, 0.15) is 5.56 Å². The van der Waals surface area contributed by atoms with Gasteiger partial charge in [-0.3, -0.25) is 9.88 Å². The van der Waals surface area contributed by atoms with E-state index in [0.717, 1.165) is 6.54 Å². The number of hydrogen-bond donors (Lipinski definition) is 1. The Bertz CT molecular complexity index is 256. The second-order valence-corrected chi connectivity index (χ2v) is 3.67. The van der Waals surface area contributed by atoms with E-state index in [-0.39, 0.29) is 5.88 Å². The van der Waals surface area contributed by atoms with Crippen LogP contribution in [0.2, 0.25) is 0 Å². The molecule has 0 saturated heterocycles. The topological polar surface area (TPSA) is 36.4 Å². The molecule has 0 aliphatic carbocycles. The van der Waals surface area contributed by atoms with Crippen LogP contribution in [0, 0.1) is 0 Å². The van der Waals surface area contributed by atoms with Crippen molar-refractivity contribution in [2.75, 3.05) is 19.5 Å². The van der Waals surface area contributed by atoms with Gasteiger partial charge in [0.1, 0.15) is 0 Å².